The van der Waals surface area contributed by atoms with Gasteiger partial charge in [0, 0.05) is 18.1 Å². The van der Waals surface area contributed by atoms with E-state index in [2.05, 4.69) is 28.1 Å². The number of rotatable bonds is 5. The molecule has 0 bridgehead atoms. The summed E-state index contributed by atoms with van der Waals surface area (Å²) in [4.78, 5) is 14.3. The first-order chi connectivity index (χ1) is 10.1. The van der Waals surface area contributed by atoms with Gasteiger partial charge in [0.2, 0.25) is 0 Å². The van der Waals surface area contributed by atoms with Crippen molar-refractivity contribution in [2.45, 2.75) is 6.42 Å². The van der Waals surface area contributed by atoms with E-state index in [1.54, 1.807) is 18.1 Å². The van der Waals surface area contributed by atoms with E-state index in [1.807, 2.05) is 37.4 Å². The molecule has 0 heterocycles. The molecule has 0 atom stereocenters. The smallest absolute Gasteiger partial charge is 0.258 e. The summed E-state index contributed by atoms with van der Waals surface area (Å²) < 4.78 is 6.03. The third-order valence-corrected chi connectivity index (χ3v) is 4.00. The fourth-order valence-corrected chi connectivity index (χ4v) is 2.63. The number of benzene rings is 2. The van der Waals surface area contributed by atoms with E-state index in [1.165, 1.54) is 5.56 Å². The summed E-state index contributed by atoms with van der Waals surface area (Å²) in [6.45, 7) is 0.660. The van der Waals surface area contributed by atoms with Gasteiger partial charge in [-0.3, -0.25) is 4.79 Å². The standard InChI is InChI=1S/C17H18BrNO2/c1-19(12-11-13-7-4-3-5-8-13)17(20)16-14(18)9-6-10-15(16)21-2/h3-10H,11-12H2,1-2H3. The number of likely N-dealkylation sites (N-methyl/N-ethyl adjacent to an activating group) is 1. The predicted molar refractivity (Wildman–Crippen MR) is 87.8 cm³/mol. The Bertz CT molecular complexity index is 613. The second kappa shape index (κ2) is 7.27. The zero-order valence-corrected chi connectivity index (χ0v) is 13.8. The normalized spacial score (nSPS) is 10.2. The minimum atomic E-state index is -0.0461. The molecule has 0 spiro atoms. The van der Waals surface area contributed by atoms with Gasteiger partial charge in [-0.2, -0.15) is 0 Å². The van der Waals surface area contributed by atoms with E-state index in [9.17, 15) is 4.79 Å². The van der Waals surface area contributed by atoms with Gasteiger partial charge in [0.1, 0.15) is 5.75 Å². The number of amides is 1. The highest BCUT2D eigenvalue weighted by Crippen LogP contribution is 2.27. The summed E-state index contributed by atoms with van der Waals surface area (Å²) in [6, 6.07) is 15.6. The van der Waals surface area contributed by atoms with E-state index in [4.69, 9.17) is 4.74 Å². The number of ether oxygens (including phenoxy) is 1. The Balaban J connectivity index is 2.09. The summed E-state index contributed by atoms with van der Waals surface area (Å²) in [5.41, 5.74) is 1.78. The molecule has 0 N–H and O–H groups in total. The lowest BCUT2D eigenvalue weighted by atomic mass is 10.1. The number of hydrogen-bond acceptors (Lipinski definition) is 2. The van der Waals surface area contributed by atoms with Crippen molar-refractivity contribution in [3.8, 4) is 5.75 Å². The summed E-state index contributed by atoms with van der Waals surface area (Å²) in [5.74, 6) is 0.538. The molecular weight excluding hydrogens is 330 g/mol. The maximum atomic E-state index is 12.6. The molecule has 3 nitrogen and oxygen atoms in total. The fourth-order valence-electron chi connectivity index (χ4n) is 2.12. The lowest BCUT2D eigenvalue weighted by Crippen LogP contribution is -2.29. The Morgan fingerprint density at radius 1 is 1.14 bits per heavy atom. The second-order valence-electron chi connectivity index (χ2n) is 4.78. The van der Waals surface area contributed by atoms with E-state index in [-0.39, 0.29) is 5.91 Å². The van der Waals surface area contributed by atoms with Gasteiger partial charge in [0.25, 0.3) is 5.91 Å². The lowest BCUT2D eigenvalue weighted by Gasteiger charge is -2.19. The van der Waals surface area contributed by atoms with Gasteiger partial charge >= 0.3 is 0 Å². The van der Waals surface area contributed by atoms with Gasteiger partial charge in [0.05, 0.1) is 12.7 Å². The zero-order chi connectivity index (χ0) is 15.2. The molecule has 4 heteroatoms. The highest BCUT2D eigenvalue weighted by Gasteiger charge is 2.19. The fraction of sp³-hybridized carbons (Fsp3) is 0.235. The molecule has 0 aliphatic rings. The van der Waals surface area contributed by atoms with Gasteiger partial charge < -0.3 is 9.64 Å². The average Bonchev–Trinajstić information content (AvgIpc) is 2.52. The van der Waals surface area contributed by atoms with Crippen LogP contribution in [-0.4, -0.2) is 31.5 Å². The SMILES string of the molecule is COc1cccc(Br)c1C(=O)N(C)CCc1ccccc1. The van der Waals surface area contributed by atoms with Crippen LogP contribution in [0.25, 0.3) is 0 Å². The number of carbonyl (C=O) groups excluding carboxylic acids is 1. The minimum absolute atomic E-state index is 0.0461. The van der Waals surface area contributed by atoms with E-state index >= 15 is 0 Å². The van der Waals surface area contributed by atoms with Crippen molar-refractivity contribution in [2.24, 2.45) is 0 Å². The molecule has 0 radical (unpaired) electrons. The Kier molecular flexibility index (Phi) is 5.39. The van der Waals surface area contributed by atoms with E-state index in [0.717, 1.165) is 10.9 Å². The molecule has 0 unspecified atom stereocenters. The predicted octanol–water partition coefficient (Wildman–Crippen LogP) is 3.77. The maximum Gasteiger partial charge on any atom is 0.258 e. The van der Waals surface area contributed by atoms with Crippen molar-refractivity contribution >= 4 is 21.8 Å². The highest BCUT2D eigenvalue weighted by atomic mass is 79.9. The van der Waals surface area contributed by atoms with Gasteiger partial charge in [-0.15, -0.1) is 0 Å². The molecule has 0 fully saturated rings. The monoisotopic (exact) mass is 347 g/mol. The maximum absolute atomic E-state index is 12.6. The molecule has 21 heavy (non-hydrogen) atoms. The van der Waals surface area contributed by atoms with Crippen molar-refractivity contribution in [3.05, 3.63) is 64.1 Å². The van der Waals surface area contributed by atoms with Crippen LogP contribution in [0.3, 0.4) is 0 Å². The Morgan fingerprint density at radius 2 is 1.86 bits per heavy atom. The summed E-state index contributed by atoms with van der Waals surface area (Å²) in [7, 11) is 3.38. The molecule has 2 rings (SSSR count). The molecule has 2 aromatic carbocycles. The van der Waals surface area contributed by atoms with Crippen LogP contribution in [0, 0.1) is 0 Å². The lowest BCUT2D eigenvalue weighted by molar-refractivity contribution is 0.0792. The van der Waals surface area contributed by atoms with E-state index in [0.29, 0.717) is 17.9 Å². The summed E-state index contributed by atoms with van der Waals surface area (Å²) in [6.07, 6.45) is 0.829. The van der Waals surface area contributed by atoms with Crippen LogP contribution in [0.2, 0.25) is 0 Å². The molecule has 0 aliphatic carbocycles. The Morgan fingerprint density at radius 3 is 2.52 bits per heavy atom. The minimum Gasteiger partial charge on any atom is -0.496 e. The molecule has 110 valence electrons. The number of carbonyl (C=O) groups is 1. The molecule has 1 amide bonds. The number of hydrogen-bond donors (Lipinski definition) is 0. The zero-order valence-electron chi connectivity index (χ0n) is 12.2. The van der Waals surface area contributed by atoms with Crippen molar-refractivity contribution < 1.29 is 9.53 Å². The van der Waals surface area contributed by atoms with Crippen LogP contribution in [-0.2, 0) is 6.42 Å². The summed E-state index contributed by atoms with van der Waals surface area (Å²) >= 11 is 3.43. The third-order valence-electron chi connectivity index (χ3n) is 3.33. The van der Waals surface area contributed by atoms with Crippen molar-refractivity contribution in [1.82, 2.24) is 4.90 Å². The molecule has 2 aromatic rings. The van der Waals surface area contributed by atoms with Crippen molar-refractivity contribution in [3.63, 3.8) is 0 Å². The van der Waals surface area contributed by atoms with E-state index < -0.39 is 0 Å². The topological polar surface area (TPSA) is 29.5 Å². The van der Waals surface area contributed by atoms with Crippen LogP contribution in [0.15, 0.2) is 53.0 Å². The van der Waals surface area contributed by atoms with Crippen molar-refractivity contribution in [2.75, 3.05) is 20.7 Å². The third kappa shape index (κ3) is 3.85. The number of nitrogens with zero attached hydrogens (tertiary/aromatic N) is 1. The van der Waals surface area contributed by atoms with Gasteiger partial charge in [0.15, 0.2) is 0 Å². The molecule has 0 saturated heterocycles. The second-order valence-corrected chi connectivity index (χ2v) is 5.63. The van der Waals surface area contributed by atoms with Gasteiger partial charge in [-0.05, 0) is 40.0 Å². The average molecular weight is 348 g/mol. The van der Waals surface area contributed by atoms with Crippen molar-refractivity contribution in [1.29, 1.82) is 0 Å². The quantitative estimate of drug-likeness (QED) is 0.823. The first-order valence-electron chi connectivity index (χ1n) is 6.75. The number of methoxy groups -OCH3 is 1. The highest BCUT2D eigenvalue weighted by molar-refractivity contribution is 9.10. The van der Waals surface area contributed by atoms with Gasteiger partial charge in [-0.25, -0.2) is 0 Å². The molecular formula is C17H18BrNO2. The number of halogens is 1. The van der Waals surface area contributed by atoms with Crippen LogP contribution < -0.4 is 4.74 Å². The molecule has 0 aromatic heterocycles. The van der Waals surface area contributed by atoms with Gasteiger partial charge in [-0.1, -0.05) is 36.4 Å². The van der Waals surface area contributed by atoms with Crippen LogP contribution in [0.5, 0.6) is 5.75 Å². The first kappa shape index (κ1) is 15.6. The van der Waals surface area contributed by atoms with Crippen LogP contribution in [0.1, 0.15) is 15.9 Å². The largest absolute Gasteiger partial charge is 0.496 e. The Labute approximate surface area is 133 Å². The molecule has 0 aliphatic heterocycles. The Hall–Kier alpha value is -1.81. The van der Waals surface area contributed by atoms with Crippen LogP contribution in [0.4, 0.5) is 0 Å². The first-order valence-corrected chi connectivity index (χ1v) is 7.54. The van der Waals surface area contributed by atoms with Crippen LogP contribution >= 0.6 is 15.9 Å². The summed E-state index contributed by atoms with van der Waals surface area (Å²) in [5, 5.41) is 0. The molecule has 0 saturated carbocycles.